The van der Waals surface area contributed by atoms with Crippen molar-refractivity contribution >= 4 is 0 Å². The Morgan fingerprint density at radius 2 is 1.85 bits per heavy atom. The number of rotatable bonds is 6. The zero-order valence-electron chi connectivity index (χ0n) is 13.5. The third-order valence-electron chi connectivity index (χ3n) is 4.38. The molecule has 1 fully saturated rings. The highest BCUT2D eigenvalue weighted by atomic mass is 15.2. The van der Waals surface area contributed by atoms with Gasteiger partial charge in [-0.05, 0) is 31.6 Å². The zero-order valence-corrected chi connectivity index (χ0v) is 13.5. The quantitative estimate of drug-likeness (QED) is 0.856. The van der Waals surface area contributed by atoms with Gasteiger partial charge in [0.15, 0.2) is 0 Å². The molecule has 1 aromatic heterocycles. The standard InChI is InChI=1S/C16H30N4/c1-14(2)16(17-3)15-5-6-20(13-15)12-11-19-9-7-18(4)8-10-19/h5-6,13-14,16-17H,7-12H2,1-4H3. The van der Waals surface area contributed by atoms with Crippen molar-refractivity contribution in [3.05, 3.63) is 24.0 Å². The Balaban J connectivity index is 1.83. The van der Waals surface area contributed by atoms with Crippen LogP contribution in [0.15, 0.2) is 18.5 Å². The molecule has 0 radical (unpaired) electrons. The van der Waals surface area contributed by atoms with Crippen LogP contribution in [-0.4, -0.2) is 61.2 Å². The van der Waals surface area contributed by atoms with Crippen molar-refractivity contribution in [3.8, 4) is 0 Å². The van der Waals surface area contributed by atoms with Gasteiger partial charge in [0.05, 0.1) is 0 Å². The summed E-state index contributed by atoms with van der Waals surface area (Å²) in [6, 6.07) is 2.71. The third kappa shape index (κ3) is 4.08. The van der Waals surface area contributed by atoms with E-state index < -0.39 is 0 Å². The Morgan fingerprint density at radius 3 is 2.45 bits per heavy atom. The van der Waals surface area contributed by atoms with E-state index in [1.165, 1.54) is 31.7 Å². The largest absolute Gasteiger partial charge is 0.353 e. The molecule has 1 aliphatic rings. The lowest BCUT2D eigenvalue weighted by atomic mass is 9.99. The molecule has 114 valence electrons. The fraction of sp³-hybridized carbons (Fsp3) is 0.750. The third-order valence-corrected chi connectivity index (χ3v) is 4.38. The average Bonchev–Trinajstić information content (AvgIpc) is 2.87. The SMILES string of the molecule is CNC(c1ccn(CCN2CCN(C)CC2)c1)C(C)C. The van der Waals surface area contributed by atoms with Crippen LogP contribution >= 0.6 is 0 Å². The maximum atomic E-state index is 3.41. The number of likely N-dealkylation sites (N-methyl/N-ethyl adjacent to an activating group) is 1. The van der Waals surface area contributed by atoms with Gasteiger partial charge in [-0.2, -0.15) is 0 Å². The second-order valence-corrected chi connectivity index (χ2v) is 6.34. The number of nitrogens with zero attached hydrogens (tertiary/aromatic N) is 3. The van der Waals surface area contributed by atoms with Gasteiger partial charge in [-0.1, -0.05) is 13.8 Å². The van der Waals surface area contributed by atoms with Crippen molar-refractivity contribution in [2.24, 2.45) is 5.92 Å². The van der Waals surface area contributed by atoms with Gasteiger partial charge < -0.3 is 14.8 Å². The molecular weight excluding hydrogens is 248 g/mol. The number of aromatic nitrogens is 1. The van der Waals surface area contributed by atoms with E-state index in [2.05, 4.69) is 59.0 Å². The Morgan fingerprint density at radius 1 is 1.15 bits per heavy atom. The first-order valence-electron chi connectivity index (χ1n) is 7.84. The maximum absolute atomic E-state index is 3.41. The van der Waals surface area contributed by atoms with Crippen molar-refractivity contribution in [1.82, 2.24) is 19.7 Å². The van der Waals surface area contributed by atoms with Crippen molar-refractivity contribution in [2.45, 2.75) is 26.4 Å². The van der Waals surface area contributed by atoms with E-state index in [1.54, 1.807) is 0 Å². The highest BCUT2D eigenvalue weighted by molar-refractivity contribution is 5.16. The average molecular weight is 278 g/mol. The van der Waals surface area contributed by atoms with Gasteiger partial charge in [-0.15, -0.1) is 0 Å². The molecule has 2 heterocycles. The van der Waals surface area contributed by atoms with E-state index in [9.17, 15) is 0 Å². The fourth-order valence-electron chi connectivity index (χ4n) is 3.00. The first-order valence-corrected chi connectivity index (χ1v) is 7.84. The van der Waals surface area contributed by atoms with Crippen molar-refractivity contribution < 1.29 is 0 Å². The lowest BCUT2D eigenvalue weighted by Gasteiger charge is -2.32. The molecule has 4 nitrogen and oxygen atoms in total. The lowest BCUT2D eigenvalue weighted by molar-refractivity contribution is 0.150. The predicted molar refractivity (Wildman–Crippen MR) is 85.0 cm³/mol. The molecule has 1 aromatic rings. The zero-order chi connectivity index (χ0) is 14.5. The first-order chi connectivity index (χ1) is 9.60. The molecule has 2 rings (SSSR count). The van der Waals surface area contributed by atoms with E-state index in [-0.39, 0.29) is 0 Å². The molecule has 0 amide bonds. The number of nitrogens with one attached hydrogen (secondary N) is 1. The summed E-state index contributed by atoms with van der Waals surface area (Å²) in [5.74, 6) is 0.619. The number of piperazine rings is 1. The van der Waals surface area contributed by atoms with Gasteiger partial charge in [-0.25, -0.2) is 0 Å². The normalized spacial score (nSPS) is 19.6. The van der Waals surface area contributed by atoms with Crippen LogP contribution < -0.4 is 5.32 Å². The minimum Gasteiger partial charge on any atom is -0.353 e. The topological polar surface area (TPSA) is 23.4 Å². The van der Waals surface area contributed by atoms with Crippen molar-refractivity contribution in [3.63, 3.8) is 0 Å². The van der Waals surface area contributed by atoms with Crippen LogP contribution in [0.3, 0.4) is 0 Å². The summed E-state index contributed by atoms with van der Waals surface area (Å²) in [6.07, 6.45) is 4.52. The van der Waals surface area contributed by atoms with Crippen molar-refractivity contribution in [1.29, 1.82) is 0 Å². The summed E-state index contributed by atoms with van der Waals surface area (Å²) in [6.45, 7) is 11.6. The Labute approximate surface area is 123 Å². The maximum Gasteiger partial charge on any atom is 0.0355 e. The van der Waals surface area contributed by atoms with E-state index in [4.69, 9.17) is 0 Å². The van der Waals surface area contributed by atoms with Crippen LogP contribution in [0.1, 0.15) is 25.5 Å². The van der Waals surface area contributed by atoms with Crippen LogP contribution in [-0.2, 0) is 6.54 Å². The molecule has 0 bridgehead atoms. The van der Waals surface area contributed by atoms with E-state index >= 15 is 0 Å². The summed E-state index contributed by atoms with van der Waals surface area (Å²) >= 11 is 0. The van der Waals surface area contributed by atoms with Gasteiger partial charge in [-0.3, -0.25) is 4.90 Å². The highest BCUT2D eigenvalue weighted by Gasteiger charge is 2.15. The lowest BCUT2D eigenvalue weighted by Crippen LogP contribution is -2.45. The van der Waals surface area contributed by atoms with Crippen LogP contribution in [0.25, 0.3) is 0 Å². The molecule has 0 aliphatic carbocycles. The van der Waals surface area contributed by atoms with Gasteiger partial charge in [0.2, 0.25) is 0 Å². The molecule has 0 spiro atoms. The van der Waals surface area contributed by atoms with Crippen LogP contribution in [0.5, 0.6) is 0 Å². The molecule has 1 aliphatic heterocycles. The van der Waals surface area contributed by atoms with Gasteiger partial charge >= 0.3 is 0 Å². The molecule has 4 heteroatoms. The fourth-order valence-corrected chi connectivity index (χ4v) is 3.00. The summed E-state index contributed by atoms with van der Waals surface area (Å²) in [4.78, 5) is 4.97. The smallest absolute Gasteiger partial charge is 0.0355 e. The van der Waals surface area contributed by atoms with E-state index in [0.717, 1.165) is 13.1 Å². The minimum atomic E-state index is 0.458. The monoisotopic (exact) mass is 278 g/mol. The minimum absolute atomic E-state index is 0.458. The van der Waals surface area contributed by atoms with Crippen molar-refractivity contribution in [2.75, 3.05) is 46.8 Å². The molecule has 1 unspecified atom stereocenters. The van der Waals surface area contributed by atoms with Gasteiger partial charge in [0.25, 0.3) is 0 Å². The van der Waals surface area contributed by atoms with E-state index in [0.29, 0.717) is 12.0 Å². The van der Waals surface area contributed by atoms with Crippen LogP contribution in [0.2, 0.25) is 0 Å². The predicted octanol–water partition coefficient (Wildman–Crippen LogP) is 1.65. The Kier molecular flexibility index (Phi) is 5.64. The molecule has 1 atom stereocenters. The first kappa shape index (κ1) is 15.5. The summed E-state index contributed by atoms with van der Waals surface area (Å²) in [5.41, 5.74) is 1.40. The van der Waals surface area contributed by atoms with Gasteiger partial charge in [0.1, 0.15) is 0 Å². The van der Waals surface area contributed by atoms with E-state index in [1.807, 2.05) is 7.05 Å². The molecule has 20 heavy (non-hydrogen) atoms. The summed E-state index contributed by atoms with van der Waals surface area (Å²) in [5, 5.41) is 3.41. The number of hydrogen-bond donors (Lipinski definition) is 1. The second kappa shape index (κ2) is 7.25. The summed E-state index contributed by atoms with van der Waals surface area (Å²) in [7, 11) is 4.26. The Hall–Kier alpha value is -0.840. The molecular formula is C16H30N4. The summed E-state index contributed by atoms with van der Waals surface area (Å²) < 4.78 is 2.33. The van der Waals surface area contributed by atoms with Gasteiger partial charge in [0, 0.05) is 57.7 Å². The molecule has 0 aromatic carbocycles. The van der Waals surface area contributed by atoms with Crippen LogP contribution in [0.4, 0.5) is 0 Å². The Bertz CT molecular complexity index is 391. The molecule has 1 N–H and O–H groups in total. The number of hydrogen-bond acceptors (Lipinski definition) is 3. The molecule has 1 saturated heterocycles. The highest BCUT2D eigenvalue weighted by Crippen LogP contribution is 2.21. The molecule has 0 saturated carbocycles. The second-order valence-electron chi connectivity index (χ2n) is 6.34. The van der Waals surface area contributed by atoms with Crippen LogP contribution in [0, 0.1) is 5.92 Å².